The number of ether oxygens (including phenoxy) is 1. The van der Waals surface area contributed by atoms with Crippen molar-refractivity contribution in [1.82, 2.24) is 14.9 Å². The van der Waals surface area contributed by atoms with Crippen LogP contribution < -0.4 is 5.32 Å². The summed E-state index contributed by atoms with van der Waals surface area (Å²) in [5.41, 5.74) is 1.11. The van der Waals surface area contributed by atoms with E-state index in [0.717, 1.165) is 12.2 Å². The SMILES string of the molecule is COC(=O)C1CNCC1c1cncn1C(C)C. The zero-order chi connectivity index (χ0) is 12.4. The van der Waals surface area contributed by atoms with Crippen LogP contribution in [0.5, 0.6) is 0 Å². The van der Waals surface area contributed by atoms with Crippen molar-refractivity contribution >= 4 is 5.97 Å². The maximum absolute atomic E-state index is 11.7. The number of nitrogens with one attached hydrogen (secondary N) is 1. The van der Waals surface area contributed by atoms with Gasteiger partial charge in [-0.05, 0) is 13.8 Å². The van der Waals surface area contributed by atoms with Gasteiger partial charge in [0.15, 0.2) is 0 Å². The lowest BCUT2D eigenvalue weighted by Crippen LogP contribution is -2.24. The molecule has 1 saturated heterocycles. The highest BCUT2D eigenvalue weighted by atomic mass is 16.5. The fraction of sp³-hybridized carbons (Fsp3) is 0.667. The largest absolute Gasteiger partial charge is 0.469 e. The minimum Gasteiger partial charge on any atom is -0.469 e. The lowest BCUT2D eigenvalue weighted by Gasteiger charge is -2.20. The van der Waals surface area contributed by atoms with Gasteiger partial charge in [0, 0.05) is 36.9 Å². The number of methoxy groups -OCH3 is 1. The maximum Gasteiger partial charge on any atom is 0.310 e. The Morgan fingerprint density at radius 3 is 3.00 bits per heavy atom. The highest BCUT2D eigenvalue weighted by Crippen LogP contribution is 2.30. The van der Waals surface area contributed by atoms with Gasteiger partial charge in [-0.3, -0.25) is 4.79 Å². The number of carbonyl (C=O) groups excluding carboxylic acids is 1. The van der Waals surface area contributed by atoms with E-state index in [2.05, 4.69) is 28.7 Å². The molecule has 1 aliphatic heterocycles. The van der Waals surface area contributed by atoms with Gasteiger partial charge in [-0.2, -0.15) is 0 Å². The number of hydrogen-bond acceptors (Lipinski definition) is 4. The second-order valence-corrected chi connectivity index (χ2v) is 4.71. The Balaban J connectivity index is 2.26. The average Bonchev–Trinajstić information content (AvgIpc) is 2.95. The minimum absolute atomic E-state index is 0.103. The Kier molecular flexibility index (Phi) is 3.47. The summed E-state index contributed by atoms with van der Waals surface area (Å²) < 4.78 is 6.97. The third-order valence-electron chi connectivity index (χ3n) is 3.35. The molecule has 0 saturated carbocycles. The van der Waals surface area contributed by atoms with Gasteiger partial charge in [0.05, 0.1) is 19.4 Å². The van der Waals surface area contributed by atoms with E-state index in [1.807, 2.05) is 12.5 Å². The number of aromatic nitrogens is 2. The first kappa shape index (κ1) is 12.1. The molecule has 1 aromatic heterocycles. The number of rotatable bonds is 3. The zero-order valence-electron chi connectivity index (χ0n) is 10.5. The molecule has 17 heavy (non-hydrogen) atoms. The molecule has 2 unspecified atom stereocenters. The van der Waals surface area contributed by atoms with Crippen LogP contribution in [0.2, 0.25) is 0 Å². The smallest absolute Gasteiger partial charge is 0.310 e. The normalized spacial score (nSPS) is 24.2. The Hall–Kier alpha value is -1.36. The van der Waals surface area contributed by atoms with Gasteiger partial charge in [-0.25, -0.2) is 4.98 Å². The lowest BCUT2D eigenvalue weighted by molar-refractivity contribution is -0.145. The van der Waals surface area contributed by atoms with E-state index in [1.54, 1.807) is 0 Å². The molecular weight excluding hydrogens is 218 g/mol. The lowest BCUT2D eigenvalue weighted by atomic mass is 9.93. The van der Waals surface area contributed by atoms with E-state index in [-0.39, 0.29) is 17.8 Å². The molecule has 94 valence electrons. The van der Waals surface area contributed by atoms with Crippen molar-refractivity contribution in [3.8, 4) is 0 Å². The summed E-state index contributed by atoms with van der Waals surface area (Å²) in [7, 11) is 1.44. The van der Waals surface area contributed by atoms with E-state index < -0.39 is 0 Å². The monoisotopic (exact) mass is 237 g/mol. The number of imidazole rings is 1. The number of esters is 1. The summed E-state index contributed by atoms with van der Waals surface area (Å²) in [6.07, 6.45) is 3.68. The molecular formula is C12H19N3O2. The van der Waals surface area contributed by atoms with Crippen LogP contribution in [0.1, 0.15) is 31.5 Å². The topological polar surface area (TPSA) is 56.1 Å². The fourth-order valence-electron chi connectivity index (χ4n) is 2.42. The molecule has 0 spiro atoms. The van der Waals surface area contributed by atoms with Crippen LogP contribution in [0.25, 0.3) is 0 Å². The van der Waals surface area contributed by atoms with Crippen molar-refractivity contribution in [2.45, 2.75) is 25.8 Å². The predicted octanol–water partition coefficient (Wildman–Crippen LogP) is 0.940. The quantitative estimate of drug-likeness (QED) is 0.795. The van der Waals surface area contributed by atoms with E-state index in [4.69, 9.17) is 4.74 Å². The summed E-state index contributed by atoms with van der Waals surface area (Å²) in [5, 5.41) is 3.25. The predicted molar refractivity (Wildman–Crippen MR) is 63.7 cm³/mol. The second kappa shape index (κ2) is 4.87. The third kappa shape index (κ3) is 2.20. The Labute approximate surface area is 101 Å². The molecule has 5 heteroatoms. The molecule has 2 atom stereocenters. The van der Waals surface area contributed by atoms with Crippen molar-refractivity contribution < 1.29 is 9.53 Å². The first-order valence-corrected chi connectivity index (χ1v) is 5.95. The van der Waals surface area contributed by atoms with Gasteiger partial charge < -0.3 is 14.6 Å². The molecule has 1 N–H and O–H groups in total. The molecule has 0 aliphatic carbocycles. The maximum atomic E-state index is 11.7. The molecule has 1 aromatic rings. The summed E-state index contributed by atoms with van der Waals surface area (Å²) in [5.74, 6) is -0.0851. The summed E-state index contributed by atoms with van der Waals surface area (Å²) in [6.45, 7) is 5.71. The van der Waals surface area contributed by atoms with Crippen LogP contribution in [0.15, 0.2) is 12.5 Å². The van der Waals surface area contributed by atoms with Gasteiger partial charge in [-0.1, -0.05) is 0 Å². The number of hydrogen-bond donors (Lipinski definition) is 1. The van der Waals surface area contributed by atoms with E-state index in [0.29, 0.717) is 12.6 Å². The summed E-state index contributed by atoms with van der Waals surface area (Å²) >= 11 is 0. The molecule has 2 rings (SSSR count). The van der Waals surface area contributed by atoms with Crippen LogP contribution in [0, 0.1) is 5.92 Å². The Morgan fingerprint density at radius 2 is 2.35 bits per heavy atom. The van der Waals surface area contributed by atoms with Crippen molar-refractivity contribution in [2.24, 2.45) is 5.92 Å². The van der Waals surface area contributed by atoms with Gasteiger partial charge >= 0.3 is 5.97 Å². The van der Waals surface area contributed by atoms with Crippen LogP contribution in [0.4, 0.5) is 0 Å². The summed E-state index contributed by atoms with van der Waals surface area (Å²) in [6, 6.07) is 0.353. The summed E-state index contributed by atoms with van der Waals surface area (Å²) in [4.78, 5) is 15.9. The molecule has 0 amide bonds. The Bertz CT molecular complexity index is 400. The highest BCUT2D eigenvalue weighted by Gasteiger charge is 2.36. The molecule has 2 heterocycles. The van der Waals surface area contributed by atoms with Crippen molar-refractivity contribution in [3.63, 3.8) is 0 Å². The fourth-order valence-corrected chi connectivity index (χ4v) is 2.42. The van der Waals surface area contributed by atoms with Crippen molar-refractivity contribution in [3.05, 3.63) is 18.2 Å². The van der Waals surface area contributed by atoms with Crippen LogP contribution >= 0.6 is 0 Å². The first-order valence-electron chi connectivity index (χ1n) is 5.95. The van der Waals surface area contributed by atoms with Crippen LogP contribution in [0.3, 0.4) is 0 Å². The molecule has 0 radical (unpaired) electrons. The molecule has 1 aliphatic rings. The highest BCUT2D eigenvalue weighted by molar-refractivity contribution is 5.74. The average molecular weight is 237 g/mol. The number of nitrogens with zero attached hydrogens (tertiary/aromatic N) is 2. The van der Waals surface area contributed by atoms with Gasteiger partial charge in [0.25, 0.3) is 0 Å². The van der Waals surface area contributed by atoms with Gasteiger partial charge in [0.1, 0.15) is 0 Å². The Morgan fingerprint density at radius 1 is 1.59 bits per heavy atom. The van der Waals surface area contributed by atoms with Gasteiger partial charge in [-0.15, -0.1) is 0 Å². The molecule has 1 fully saturated rings. The molecule has 0 bridgehead atoms. The van der Waals surface area contributed by atoms with Crippen LogP contribution in [-0.4, -0.2) is 35.7 Å². The van der Waals surface area contributed by atoms with Gasteiger partial charge in [0.2, 0.25) is 0 Å². The number of carbonyl (C=O) groups is 1. The second-order valence-electron chi connectivity index (χ2n) is 4.71. The van der Waals surface area contributed by atoms with E-state index in [9.17, 15) is 4.79 Å². The van der Waals surface area contributed by atoms with E-state index in [1.165, 1.54) is 7.11 Å². The minimum atomic E-state index is -0.142. The first-order chi connectivity index (χ1) is 8.15. The van der Waals surface area contributed by atoms with Crippen LogP contribution in [-0.2, 0) is 9.53 Å². The van der Waals surface area contributed by atoms with E-state index >= 15 is 0 Å². The molecule has 0 aromatic carbocycles. The van der Waals surface area contributed by atoms with Crippen molar-refractivity contribution in [1.29, 1.82) is 0 Å². The standard InChI is InChI=1S/C12H19N3O2/c1-8(2)15-7-14-6-11(15)9-4-13-5-10(9)12(16)17-3/h6-10,13H,4-5H2,1-3H3. The zero-order valence-corrected chi connectivity index (χ0v) is 10.5. The molecule has 5 nitrogen and oxygen atoms in total. The van der Waals surface area contributed by atoms with Crippen molar-refractivity contribution in [2.75, 3.05) is 20.2 Å². The third-order valence-corrected chi connectivity index (χ3v) is 3.35.